The summed E-state index contributed by atoms with van der Waals surface area (Å²) in [5.74, 6) is 1.86. The highest BCUT2D eigenvalue weighted by Gasteiger charge is 2.25. The molecule has 1 fully saturated rings. The molecule has 1 aromatic carbocycles. The molecule has 1 aliphatic carbocycles. The Hall–Kier alpha value is -2.96. The highest BCUT2D eigenvalue weighted by molar-refractivity contribution is 5.90. The van der Waals surface area contributed by atoms with Crippen molar-refractivity contribution in [3.8, 4) is 5.69 Å². The Morgan fingerprint density at radius 1 is 1.09 bits per heavy atom. The lowest BCUT2D eigenvalue weighted by Gasteiger charge is -2.30. The maximum Gasteiger partial charge on any atom is 0.222 e. The largest absolute Gasteiger partial charge is 0.367 e. The number of carbonyl (C=O) groups is 1. The predicted octanol–water partition coefficient (Wildman–Crippen LogP) is 4.49. The van der Waals surface area contributed by atoms with Crippen molar-refractivity contribution < 1.29 is 4.79 Å². The number of hydrogen-bond donors (Lipinski definition) is 2. The van der Waals surface area contributed by atoms with Gasteiger partial charge >= 0.3 is 0 Å². The van der Waals surface area contributed by atoms with Gasteiger partial charge in [0.25, 0.3) is 0 Å². The van der Waals surface area contributed by atoms with Crippen molar-refractivity contribution in [2.24, 2.45) is 5.92 Å². The molecule has 1 saturated carbocycles. The zero-order chi connectivity index (χ0) is 22.8. The number of fused-ring (bicyclic) bond motifs is 1. The minimum Gasteiger partial charge on any atom is -0.367 e. The molecule has 4 rings (SSSR count). The first kappa shape index (κ1) is 22.2. The van der Waals surface area contributed by atoms with E-state index >= 15 is 0 Å². The number of rotatable bonds is 6. The molecular weight excluding hydrogens is 400 g/mol. The summed E-state index contributed by atoms with van der Waals surface area (Å²) in [6, 6.07) is 8.83. The van der Waals surface area contributed by atoms with Gasteiger partial charge in [0.1, 0.15) is 11.6 Å². The zero-order valence-electron chi connectivity index (χ0n) is 19.8. The summed E-state index contributed by atoms with van der Waals surface area (Å²) in [4.78, 5) is 21.7. The summed E-state index contributed by atoms with van der Waals surface area (Å²) in [6.45, 7) is 10.1. The number of amides is 1. The summed E-state index contributed by atoms with van der Waals surface area (Å²) in [5, 5.41) is 12.7. The van der Waals surface area contributed by atoms with Crippen LogP contribution in [0.2, 0.25) is 0 Å². The maximum absolute atomic E-state index is 12.0. The van der Waals surface area contributed by atoms with Crippen LogP contribution >= 0.6 is 0 Å². The molecule has 7 nitrogen and oxygen atoms in total. The normalized spacial score (nSPS) is 18.8. The second-order valence-electron chi connectivity index (χ2n) is 9.18. The van der Waals surface area contributed by atoms with Gasteiger partial charge in [0.2, 0.25) is 5.91 Å². The molecule has 3 aromatic rings. The molecule has 0 saturated heterocycles. The summed E-state index contributed by atoms with van der Waals surface area (Å²) >= 11 is 0. The van der Waals surface area contributed by atoms with Crippen LogP contribution in [0.3, 0.4) is 0 Å². The molecule has 2 aromatic heterocycles. The van der Waals surface area contributed by atoms with Crippen LogP contribution in [-0.2, 0) is 11.2 Å². The van der Waals surface area contributed by atoms with Crippen molar-refractivity contribution in [3.63, 3.8) is 0 Å². The highest BCUT2D eigenvalue weighted by Crippen LogP contribution is 2.30. The first-order valence-electron chi connectivity index (χ1n) is 11.8. The number of aryl methyl sites for hydroxylation is 3. The van der Waals surface area contributed by atoms with E-state index in [0.29, 0.717) is 6.04 Å². The molecule has 32 heavy (non-hydrogen) atoms. The fraction of sp³-hybridized carbons (Fsp3) is 0.520. The molecule has 1 amide bonds. The fourth-order valence-electron chi connectivity index (χ4n) is 4.40. The number of hydrogen-bond acceptors (Lipinski definition) is 5. The van der Waals surface area contributed by atoms with E-state index in [2.05, 4.69) is 36.6 Å². The topological polar surface area (TPSA) is 84.7 Å². The Bertz CT molecular complexity index is 1110. The Kier molecular flexibility index (Phi) is 6.44. The van der Waals surface area contributed by atoms with Gasteiger partial charge in [-0.15, -0.1) is 0 Å². The van der Waals surface area contributed by atoms with Gasteiger partial charge in [-0.2, -0.15) is 5.10 Å². The second kappa shape index (κ2) is 9.27. The van der Waals surface area contributed by atoms with Crippen LogP contribution in [0, 0.1) is 19.8 Å². The molecular formula is C25H34N6O. The zero-order valence-corrected chi connectivity index (χ0v) is 19.8. The van der Waals surface area contributed by atoms with Crippen molar-refractivity contribution in [1.82, 2.24) is 25.1 Å². The lowest BCUT2D eigenvalue weighted by molar-refractivity contribution is -0.124. The standard InChI is InChI=1S/C25H34N6O/c1-6-21-28-23(26-18-11-13-19(14-12-18)27-25(32)15(2)3)22-17(5)30-31(24(22)29-21)20-10-8-7-9-16(20)4/h7-10,15,18-19H,6,11-14H2,1-5H3,(H,27,32)(H,26,28,29). The van der Waals surface area contributed by atoms with E-state index in [1.807, 2.05) is 37.6 Å². The maximum atomic E-state index is 12.0. The third kappa shape index (κ3) is 4.47. The quantitative estimate of drug-likeness (QED) is 0.597. The van der Waals surface area contributed by atoms with Crippen LogP contribution in [0.15, 0.2) is 24.3 Å². The van der Waals surface area contributed by atoms with Gasteiger partial charge in [-0.05, 0) is 51.2 Å². The van der Waals surface area contributed by atoms with Crippen LogP contribution < -0.4 is 10.6 Å². The molecule has 2 heterocycles. The van der Waals surface area contributed by atoms with Crippen LogP contribution in [-0.4, -0.2) is 37.7 Å². The lowest BCUT2D eigenvalue weighted by Crippen LogP contribution is -2.41. The number of carbonyl (C=O) groups excluding carboxylic acids is 1. The minimum absolute atomic E-state index is 0.0281. The van der Waals surface area contributed by atoms with E-state index in [1.54, 1.807) is 0 Å². The molecule has 0 unspecified atom stereocenters. The van der Waals surface area contributed by atoms with E-state index in [-0.39, 0.29) is 17.9 Å². The molecule has 170 valence electrons. The Morgan fingerprint density at radius 3 is 2.44 bits per heavy atom. The van der Waals surface area contributed by atoms with Gasteiger partial charge in [0.15, 0.2) is 5.65 Å². The molecule has 0 spiro atoms. The molecule has 0 bridgehead atoms. The summed E-state index contributed by atoms with van der Waals surface area (Å²) < 4.78 is 1.95. The molecule has 2 N–H and O–H groups in total. The van der Waals surface area contributed by atoms with Gasteiger partial charge in [0, 0.05) is 24.4 Å². The number of para-hydroxylation sites is 1. The van der Waals surface area contributed by atoms with Gasteiger partial charge in [-0.25, -0.2) is 14.6 Å². The molecule has 1 aliphatic rings. The Morgan fingerprint density at radius 2 is 1.78 bits per heavy atom. The van der Waals surface area contributed by atoms with Gasteiger partial charge in [-0.3, -0.25) is 4.79 Å². The first-order chi connectivity index (χ1) is 15.4. The SMILES string of the molecule is CCc1nc(NC2CCC(NC(=O)C(C)C)CC2)c2c(C)nn(-c3ccccc3C)c2n1. The molecule has 7 heteroatoms. The fourth-order valence-corrected chi connectivity index (χ4v) is 4.40. The van der Waals surface area contributed by atoms with Crippen LogP contribution in [0.5, 0.6) is 0 Å². The van der Waals surface area contributed by atoms with Crippen LogP contribution in [0.1, 0.15) is 63.5 Å². The van der Waals surface area contributed by atoms with E-state index < -0.39 is 0 Å². The average Bonchev–Trinajstić information content (AvgIpc) is 3.11. The molecule has 0 radical (unpaired) electrons. The van der Waals surface area contributed by atoms with Crippen molar-refractivity contribution >= 4 is 22.8 Å². The smallest absolute Gasteiger partial charge is 0.222 e. The summed E-state index contributed by atoms with van der Waals surface area (Å²) in [5.41, 5.74) is 3.97. The second-order valence-corrected chi connectivity index (χ2v) is 9.18. The van der Waals surface area contributed by atoms with Crippen LogP contribution in [0.25, 0.3) is 16.7 Å². The number of benzene rings is 1. The summed E-state index contributed by atoms with van der Waals surface area (Å²) in [7, 11) is 0. The third-order valence-corrected chi connectivity index (χ3v) is 6.35. The number of anilines is 1. The number of nitrogens with zero attached hydrogens (tertiary/aromatic N) is 4. The van der Waals surface area contributed by atoms with Gasteiger partial charge in [-0.1, -0.05) is 39.0 Å². The Labute approximate surface area is 190 Å². The van der Waals surface area contributed by atoms with Gasteiger partial charge in [0.05, 0.1) is 16.8 Å². The third-order valence-electron chi connectivity index (χ3n) is 6.35. The summed E-state index contributed by atoms with van der Waals surface area (Å²) in [6.07, 6.45) is 4.72. The van der Waals surface area contributed by atoms with E-state index in [1.165, 1.54) is 0 Å². The van der Waals surface area contributed by atoms with Crippen molar-refractivity contribution in [3.05, 3.63) is 41.3 Å². The lowest BCUT2D eigenvalue weighted by atomic mass is 9.90. The highest BCUT2D eigenvalue weighted by atomic mass is 16.1. The number of aromatic nitrogens is 4. The van der Waals surface area contributed by atoms with Gasteiger partial charge < -0.3 is 10.6 Å². The van der Waals surface area contributed by atoms with E-state index in [4.69, 9.17) is 15.1 Å². The Balaban J connectivity index is 1.60. The van der Waals surface area contributed by atoms with Crippen molar-refractivity contribution in [2.75, 3.05) is 5.32 Å². The minimum atomic E-state index is 0.0281. The van der Waals surface area contributed by atoms with Crippen molar-refractivity contribution in [2.45, 2.75) is 78.8 Å². The molecule has 0 atom stereocenters. The molecule has 0 aliphatic heterocycles. The average molecular weight is 435 g/mol. The van der Waals surface area contributed by atoms with Crippen molar-refractivity contribution in [1.29, 1.82) is 0 Å². The monoisotopic (exact) mass is 434 g/mol. The predicted molar refractivity (Wildman–Crippen MR) is 128 cm³/mol. The first-order valence-corrected chi connectivity index (χ1v) is 11.8. The number of nitrogens with one attached hydrogen (secondary N) is 2. The van der Waals surface area contributed by atoms with Crippen LogP contribution in [0.4, 0.5) is 5.82 Å². The van der Waals surface area contributed by atoms with E-state index in [9.17, 15) is 4.79 Å². The van der Waals surface area contributed by atoms with E-state index in [0.717, 1.165) is 71.7 Å².